The van der Waals surface area contributed by atoms with Gasteiger partial charge in [-0.3, -0.25) is 10.1 Å². The van der Waals surface area contributed by atoms with Crippen LogP contribution in [0.15, 0.2) is 12.1 Å². The lowest BCUT2D eigenvalue weighted by atomic mass is 10.2. The molecule has 112 valence electrons. The van der Waals surface area contributed by atoms with E-state index >= 15 is 0 Å². The summed E-state index contributed by atoms with van der Waals surface area (Å²) in [6.45, 7) is 2.12. The number of benzene rings is 1. The van der Waals surface area contributed by atoms with Crippen molar-refractivity contribution in [2.75, 3.05) is 45.7 Å². The molecule has 0 saturated carbocycles. The van der Waals surface area contributed by atoms with E-state index in [0.717, 1.165) is 12.6 Å². The van der Waals surface area contributed by atoms with Crippen LogP contribution in [0.2, 0.25) is 5.02 Å². The number of nitrogens with zero attached hydrogens (tertiary/aromatic N) is 2. The second kappa shape index (κ2) is 7.98. The molecule has 0 aliphatic rings. The third-order valence-electron chi connectivity index (χ3n) is 2.48. The van der Waals surface area contributed by atoms with Crippen LogP contribution < -0.4 is 5.32 Å². The first-order chi connectivity index (χ1) is 9.41. The Morgan fingerprint density at radius 1 is 1.45 bits per heavy atom. The molecule has 0 bridgehead atoms. The lowest BCUT2D eigenvalue weighted by Crippen LogP contribution is -2.20. The highest BCUT2D eigenvalue weighted by Gasteiger charge is 2.17. The minimum atomic E-state index is -0.814. The van der Waals surface area contributed by atoms with Crippen LogP contribution in [-0.4, -0.2) is 50.2 Å². The van der Waals surface area contributed by atoms with Gasteiger partial charge in [-0.25, -0.2) is 4.39 Å². The van der Waals surface area contributed by atoms with Gasteiger partial charge in [-0.1, -0.05) is 11.6 Å². The topological polar surface area (TPSA) is 67.6 Å². The molecular formula is C12H17ClFN3O3. The van der Waals surface area contributed by atoms with Gasteiger partial charge in [0.05, 0.1) is 29.2 Å². The van der Waals surface area contributed by atoms with Crippen LogP contribution in [0.1, 0.15) is 0 Å². The van der Waals surface area contributed by atoms with E-state index in [1.54, 1.807) is 0 Å². The van der Waals surface area contributed by atoms with Crippen LogP contribution in [0.3, 0.4) is 0 Å². The first kappa shape index (κ1) is 16.6. The fraction of sp³-hybridized carbons (Fsp3) is 0.500. The van der Waals surface area contributed by atoms with Crippen molar-refractivity contribution in [3.8, 4) is 0 Å². The molecule has 0 spiro atoms. The quantitative estimate of drug-likeness (QED) is 0.454. The zero-order chi connectivity index (χ0) is 15.1. The van der Waals surface area contributed by atoms with Gasteiger partial charge in [-0.2, -0.15) is 0 Å². The number of likely N-dealkylation sites (N-methyl/N-ethyl adjacent to an activating group) is 1. The molecule has 0 fully saturated rings. The standard InChI is InChI=1S/C12H17ClFN3O3/c1-16(2)4-6-20-5-3-15-11-7-9(13)10(14)8-12(11)17(18)19/h7-8,15H,3-6H2,1-2H3. The summed E-state index contributed by atoms with van der Waals surface area (Å²) >= 11 is 5.61. The Balaban J connectivity index is 2.51. The molecule has 0 atom stereocenters. The van der Waals surface area contributed by atoms with Gasteiger partial charge in [0, 0.05) is 13.1 Å². The summed E-state index contributed by atoms with van der Waals surface area (Å²) in [5, 5.41) is 13.5. The highest BCUT2D eigenvalue weighted by atomic mass is 35.5. The van der Waals surface area contributed by atoms with Crippen LogP contribution in [-0.2, 0) is 4.74 Å². The van der Waals surface area contributed by atoms with Gasteiger partial charge < -0.3 is 15.0 Å². The van der Waals surface area contributed by atoms with Crippen molar-refractivity contribution < 1.29 is 14.1 Å². The normalized spacial score (nSPS) is 10.8. The van der Waals surface area contributed by atoms with Crippen LogP contribution in [0, 0.1) is 15.9 Å². The summed E-state index contributed by atoms with van der Waals surface area (Å²) in [6.07, 6.45) is 0. The van der Waals surface area contributed by atoms with Crippen molar-refractivity contribution in [2.45, 2.75) is 0 Å². The molecule has 20 heavy (non-hydrogen) atoms. The van der Waals surface area contributed by atoms with Gasteiger partial charge in [-0.15, -0.1) is 0 Å². The van der Waals surface area contributed by atoms with E-state index in [1.165, 1.54) is 6.07 Å². The van der Waals surface area contributed by atoms with E-state index in [2.05, 4.69) is 5.32 Å². The summed E-state index contributed by atoms with van der Waals surface area (Å²) in [4.78, 5) is 12.1. The Morgan fingerprint density at radius 3 is 2.75 bits per heavy atom. The molecule has 6 nitrogen and oxygen atoms in total. The summed E-state index contributed by atoms with van der Waals surface area (Å²) in [6, 6.07) is 2.01. The van der Waals surface area contributed by atoms with Crippen LogP contribution >= 0.6 is 11.6 Å². The van der Waals surface area contributed by atoms with Gasteiger partial charge in [0.15, 0.2) is 0 Å². The van der Waals surface area contributed by atoms with Crippen molar-refractivity contribution in [3.63, 3.8) is 0 Å². The maximum absolute atomic E-state index is 13.2. The van der Waals surface area contributed by atoms with E-state index < -0.39 is 10.7 Å². The second-order valence-corrected chi connectivity index (χ2v) is 4.79. The van der Waals surface area contributed by atoms with Crippen LogP contribution in [0.25, 0.3) is 0 Å². The predicted molar refractivity (Wildman–Crippen MR) is 75.9 cm³/mol. The smallest absolute Gasteiger partial charge is 0.295 e. The van der Waals surface area contributed by atoms with Crippen molar-refractivity contribution in [2.24, 2.45) is 0 Å². The molecule has 8 heteroatoms. The third kappa shape index (κ3) is 5.28. The van der Waals surface area contributed by atoms with E-state index in [-0.39, 0.29) is 16.4 Å². The number of ether oxygens (including phenoxy) is 1. The van der Waals surface area contributed by atoms with Crippen molar-refractivity contribution in [1.82, 2.24) is 4.90 Å². The van der Waals surface area contributed by atoms with Gasteiger partial charge in [-0.05, 0) is 20.2 Å². The first-order valence-electron chi connectivity index (χ1n) is 6.01. The average molecular weight is 306 g/mol. The molecule has 1 aromatic carbocycles. The summed E-state index contributed by atoms with van der Waals surface area (Å²) in [7, 11) is 3.87. The van der Waals surface area contributed by atoms with E-state index in [9.17, 15) is 14.5 Å². The lowest BCUT2D eigenvalue weighted by molar-refractivity contribution is -0.384. The number of nitrogens with one attached hydrogen (secondary N) is 1. The molecule has 0 saturated heterocycles. The lowest BCUT2D eigenvalue weighted by Gasteiger charge is -2.11. The molecule has 1 N–H and O–H groups in total. The van der Waals surface area contributed by atoms with Gasteiger partial charge in [0.25, 0.3) is 5.69 Å². The van der Waals surface area contributed by atoms with Crippen molar-refractivity contribution >= 4 is 23.0 Å². The van der Waals surface area contributed by atoms with Crippen LogP contribution in [0.4, 0.5) is 15.8 Å². The Bertz CT molecular complexity index is 472. The third-order valence-corrected chi connectivity index (χ3v) is 2.77. The molecule has 0 heterocycles. The summed E-state index contributed by atoms with van der Waals surface area (Å²) < 4.78 is 18.5. The second-order valence-electron chi connectivity index (χ2n) is 4.38. The van der Waals surface area contributed by atoms with Gasteiger partial charge in [0.1, 0.15) is 11.5 Å². The fourth-order valence-electron chi connectivity index (χ4n) is 1.44. The molecule has 0 aliphatic carbocycles. The van der Waals surface area contributed by atoms with Crippen molar-refractivity contribution in [3.05, 3.63) is 33.1 Å². The molecule has 0 unspecified atom stereocenters. The van der Waals surface area contributed by atoms with Crippen molar-refractivity contribution in [1.29, 1.82) is 0 Å². The number of anilines is 1. The number of rotatable bonds is 8. The van der Waals surface area contributed by atoms with E-state index in [0.29, 0.717) is 19.8 Å². The molecule has 1 aromatic rings. The summed E-state index contributed by atoms with van der Waals surface area (Å²) in [5.41, 5.74) is -0.169. The minimum absolute atomic E-state index is 0.161. The Labute approximate surface area is 121 Å². The number of hydrogen-bond acceptors (Lipinski definition) is 5. The van der Waals surface area contributed by atoms with Crippen LogP contribution in [0.5, 0.6) is 0 Å². The average Bonchev–Trinajstić information content (AvgIpc) is 2.36. The predicted octanol–water partition coefficient (Wildman–Crippen LogP) is 2.38. The minimum Gasteiger partial charge on any atom is -0.378 e. The number of nitro groups is 1. The Kier molecular flexibility index (Phi) is 6.63. The maximum Gasteiger partial charge on any atom is 0.295 e. The Morgan fingerprint density at radius 2 is 2.15 bits per heavy atom. The van der Waals surface area contributed by atoms with Gasteiger partial charge in [0.2, 0.25) is 0 Å². The molecule has 1 rings (SSSR count). The molecular weight excluding hydrogens is 289 g/mol. The zero-order valence-electron chi connectivity index (χ0n) is 11.4. The monoisotopic (exact) mass is 305 g/mol. The molecule has 0 aliphatic heterocycles. The maximum atomic E-state index is 13.2. The zero-order valence-corrected chi connectivity index (χ0v) is 12.1. The summed E-state index contributed by atoms with van der Waals surface area (Å²) in [5.74, 6) is -0.814. The molecule has 0 aromatic heterocycles. The fourth-order valence-corrected chi connectivity index (χ4v) is 1.60. The SMILES string of the molecule is CN(C)CCOCCNc1cc(Cl)c(F)cc1[N+](=O)[O-]. The Hall–Kier alpha value is -1.44. The highest BCUT2D eigenvalue weighted by molar-refractivity contribution is 6.31. The largest absolute Gasteiger partial charge is 0.378 e. The molecule has 0 amide bonds. The highest BCUT2D eigenvalue weighted by Crippen LogP contribution is 2.29. The van der Waals surface area contributed by atoms with E-state index in [4.69, 9.17) is 16.3 Å². The number of hydrogen-bond donors (Lipinski definition) is 1. The van der Waals surface area contributed by atoms with Gasteiger partial charge >= 0.3 is 0 Å². The number of halogens is 2. The molecule has 0 radical (unpaired) electrons. The number of nitro benzene ring substituents is 1. The van der Waals surface area contributed by atoms with E-state index in [1.807, 2.05) is 19.0 Å². The first-order valence-corrected chi connectivity index (χ1v) is 6.39.